The maximum atomic E-state index is 5.56. The van der Waals surface area contributed by atoms with E-state index in [9.17, 15) is 0 Å². The Morgan fingerprint density at radius 2 is 1.93 bits per heavy atom. The van der Waals surface area contributed by atoms with E-state index < -0.39 is 0 Å². The molecule has 0 atom stereocenters. The Morgan fingerprint density at radius 3 is 2.64 bits per heavy atom. The molecule has 1 heteroatoms. The predicted octanol–water partition coefficient (Wildman–Crippen LogP) is 3.81. The summed E-state index contributed by atoms with van der Waals surface area (Å²) in [6.45, 7) is 2.88. The molecule has 0 aliphatic carbocycles. The first-order valence-electron chi connectivity index (χ1n) is 5.22. The molecule has 14 heavy (non-hydrogen) atoms. The van der Waals surface area contributed by atoms with Gasteiger partial charge in [0.2, 0.25) is 0 Å². The fourth-order valence-corrected chi connectivity index (χ4v) is 1.24. The number of hydrogen-bond acceptors (Lipinski definition) is 1. The van der Waals surface area contributed by atoms with E-state index in [2.05, 4.69) is 19.1 Å². The van der Waals surface area contributed by atoms with Crippen LogP contribution in [0.4, 0.5) is 0 Å². The van der Waals surface area contributed by atoms with Crippen LogP contribution in [0, 0.1) is 0 Å². The second kappa shape index (κ2) is 7.19. The van der Waals surface area contributed by atoms with Gasteiger partial charge in [0.05, 0.1) is 6.61 Å². The fraction of sp³-hybridized carbons (Fsp3) is 0.385. The summed E-state index contributed by atoms with van der Waals surface area (Å²) in [5.41, 5.74) is 0. The molecule has 0 spiro atoms. The quantitative estimate of drug-likeness (QED) is 0.489. The fourth-order valence-electron chi connectivity index (χ4n) is 1.24. The molecule has 0 bridgehead atoms. The van der Waals surface area contributed by atoms with Gasteiger partial charge in [0, 0.05) is 0 Å². The highest BCUT2D eigenvalue weighted by atomic mass is 16.5. The summed E-state index contributed by atoms with van der Waals surface area (Å²) >= 11 is 0. The second-order valence-electron chi connectivity index (χ2n) is 3.23. The topological polar surface area (TPSA) is 9.23 Å². The van der Waals surface area contributed by atoms with Gasteiger partial charge in [-0.1, -0.05) is 30.4 Å². The second-order valence-corrected chi connectivity index (χ2v) is 3.23. The lowest BCUT2D eigenvalue weighted by atomic mass is 10.2. The van der Waals surface area contributed by atoms with Gasteiger partial charge in [0.15, 0.2) is 0 Å². The molecule has 1 nitrogen and oxygen atoms in total. The molecule has 0 unspecified atom stereocenters. The first-order valence-corrected chi connectivity index (χ1v) is 5.22. The van der Waals surface area contributed by atoms with Crippen LogP contribution >= 0.6 is 0 Å². The first kappa shape index (κ1) is 10.8. The number of para-hydroxylation sites is 1. The van der Waals surface area contributed by atoms with Gasteiger partial charge >= 0.3 is 0 Å². The van der Waals surface area contributed by atoms with Crippen molar-refractivity contribution in [2.45, 2.75) is 26.2 Å². The van der Waals surface area contributed by atoms with Crippen molar-refractivity contribution >= 4 is 0 Å². The highest BCUT2D eigenvalue weighted by Crippen LogP contribution is 2.09. The third-order valence-electron chi connectivity index (χ3n) is 2.01. The lowest BCUT2D eigenvalue weighted by molar-refractivity contribution is 0.307. The van der Waals surface area contributed by atoms with Crippen molar-refractivity contribution in [1.29, 1.82) is 0 Å². The summed E-state index contributed by atoms with van der Waals surface area (Å²) in [6, 6.07) is 9.97. The van der Waals surface area contributed by atoms with Crippen LogP contribution in [0.3, 0.4) is 0 Å². The van der Waals surface area contributed by atoms with E-state index in [-0.39, 0.29) is 0 Å². The van der Waals surface area contributed by atoms with Gasteiger partial charge in [-0.25, -0.2) is 0 Å². The van der Waals surface area contributed by atoms with Crippen LogP contribution in [0.15, 0.2) is 42.5 Å². The zero-order valence-corrected chi connectivity index (χ0v) is 8.78. The molecule has 0 heterocycles. The highest BCUT2D eigenvalue weighted by Gasteiger charge is 1.90. The number of ether oxygens (including phenoxy) is 1. The van der Waals surface area contributed by atoms with Crippen molar-refractivity contribution < 1.29 is 4.74 Å². The SMILES string of the molecule is CC=CCCCCOc1ccccc1. The Morgan fingerprint density at radius 1 is 1.14 bits per heavy atom. The van der Waals surface area contributed by atoms with Crippen molar-refractivity contribution in [3.63, 3.8) is 0 Å². The van der Waals surface area contributed by atoms with Gasteiger partial charge in [-0.2, -0.15) is 0 Å². The maximum absolute atomic E-state index is 5.56. The molecule has 1 aromatic carbocycles. The normalized spacial score (nSPS) is 10.6. The molecule has 0 saturated carbocycles. The average Bonchev–Trinajstić information content (AvgIpc) is 2.25. The van der Waals surface area contributed by atoms with Gasteiger partial charge in [0.25, 0.3) is 0 Å². The Bertz CT molecular complexity index is 251. The molecule has 1 rings (SSSR count). The van der Waals surface area contributed by atoms with E-state index in [0.29, 0.717) is 0 Å². The Balaban J connectivity index is 2.05. The summed E-state index contributed by atoms with van der Waals surface area (Å²) in [7, 11) is 0. The number of allylic oxidation sites excluding steroid dienone is 2. The minimum absolute atomic E-state index is 0.821. The molecule has 0 radical (unpaired) electrons. The zero-order valence-electron chi connectivity index (χ0n) is 8.78. The summed E-state index contributed by atoms with van der Waals surface area (Å²) in [5.74, 6) is 0.971. The molecule has 1 aromatic rings. The molecular weight excluding hydrogens is 172 g/mol. The van der Waals surface area contributed by atoms with Gasteiger partial charge in [-0.05, 0) is 38.3 Å². The van der Waals surface area contributed by atoms with E-state index >= 15 is 0 Å². The largest absolute Gasteiger partial charge is 0.494 e. The molecule has 0 aromatic heterocycles. The van der Waals surface area contributed by atoms with Crippen molar-refractivity contribution in [1.82, 2.24) is 0 Å². The predicted molar refractivity (Wildman–Crippen MR) is 60.6 cm³/mol. The first-order chi connectivity index (χ1) is 6.93. The van der Waals surface area contributed by atoms with Crippen molar-refractivity contribution in [2.24, 2.45) is 0 Å². The Kier molecular flexibility index (Phi) is 5.57. The van der Waals surface area contributed by atoms with Gasteiger partial charge in [0.1, 0.15) is 5.75 Å². The van der Waals surface area contributed by atoms with Crippen LogP contribution in [0.1, 0.15) is 26.2 Å². The molecule has 0 saturated heterocycles. The number of hydrogen-bond donors (Lipinski definition) is 0. The van der Waals surface area contributed by atoms with E-state index in [1.54, 1.807) is 0 Å². The monoisotopic (exact) mass is 190 g/mol. The van der Waals surface area contributed by atoms with Crippen LogP contribution in [0.2, 0.25) is 0 Å². The molecule has 76 valence electrons. The van der Waals surface area contributed by atoms with Crippen LogP contribution in [-0.4, -0.2) is 6.61 Å². The zero-order chi connectivity index (χ0) is 10.1. The van der Waals surface area contributed by atoms with Crippen molar-refractivity contribution in [3.8, 4) is 5.75 Å². The summed E-state index contributed by atoms with van der Waals surface area (Å²) in [4.78, 5) is 0. The van der Waals surface area contributed by atoms with E-state index in [0.717, 1.165) is 25.2 Å². The van der Waals surface area contributed by atoms with E-state index in [1.807, 2.05) is 30.3 Å². The maximum Gasteiger partial charge on any atom is 0.119 e. The van der Waals surface area contributed by atoms with Crippen LogP contribution in [0.25, 0.3) is 0 Å². The van der Waals surface area contributed by atoms with Gasteiger partial charge in [-0.15, -0.1) is 0 Å². The van der Waals surface area contributed by atoms with E-state index in [4.69, 9.17) is 4.74 Å². The van der Waals surface area contributed by atoms with Crippen LogP contribution in [0.5, 0.6) is 5.75 Å². The number of rotatable bonds is 6. The van der Waals surface area contributed by atoms with E-state index in [1.165, 1.54) is 6.42 Å². The minimum Gasteiger partial charge on any atom is -0.494 e. The van der Waals surface area contributed by atoms with Crippen molar-refractivity contribution in [3.05, 3.63) is 42.5 Å². The van der Waals surface area contributed by atoms with Gasteiger partial charge < -0.3 is 4.74 Å². The third kappa shape index (κ3) is 4.70. The van der Waals surface area contributed by atoms with Crippen LogP contribution < -0.4 is 4.74 Å². The molecule has 0 aliphatic rings. The Labute approximate surface area is 86.4 Å². The molecule has 0 amide bonds. The van der Waals surface area contributed by atoms with Crippen molar-refractivity contribution in [2.75, 3.05) is 6.61 Å². The summed E-state index contributed by atoms with van der Waals surface area (Å²) in [5, 5.41) is 0. The molecule has 0 fully saturated rings. The van der Waals surface area contributed by atoms with Gasteiger partial charge in [-0.3, -0.25) is 0 Å². The number of benzene rings is 1. The minimum atomic E-state index is 0.821. The highest BCUT2D eigenvalue weighted by molar-refractivity contribution is 5.20. The molecule has 0 N–H and O–H groups in total. The standard InChI is InChI=1S/C13H18O/c1-2-3-4-5-9-12-14-13-10-7-6-8-11-13/h2-3,6-8,10-11H,4-5,9,12H2,1H3. The third-order valence-corrected chi connectivity index (χ3v) is 2.01. The smallest absolute Gasteiger partial charge is 0.119 e. The average molecular weight is 190 g/mol. The summed E-state index contributed by atoms with van der Waals surface area (Å²) in [6.07, 6.45) is 7.78. The van der Waals surface area contributed by atoms with Crippen LogP contribution in [-0.2, 0) is 0 Å². The molecular formula is C13H18O. The lowest BCUT2D eigenvalue weighted by Crippen LogP contribution is -1.96. The number of unbranched alkanes of at least 4 members (excludes halogenated alkanes) is 2. The summed E-state index contributed by atoms with van der Waals surface area (Å²) < 4.78 is 5.56. The lowest BCUT2D eigenvalue weighted by Gasteiger charge is -2.04. The Hall–Kier alpha value is -1.24. The molecule has 0 aliphatic heterocycles.